The van der Waals surface area contributed by atoms with Gasteiger partial charge in [-0.3, -0.25) is 0 Å². The molecular formula is C96H62F12N8O12. The molecule has 17 rings (SSSR count). The summed E-state index contributed by atoms with van der Waals surface area (Å²) in [6.45, 7) is 11.8. The number of rotatable bonds is 20. The first-order valence-electron chi connectivity index (χ1n) is 39.4. The third-order valence-corrected chi connectivity index (χ3v) is 20.2. The number of fused-ring (bicyclic) bond motifs is 20. The third kappa shape index (κ3) is 15.0. The molecule has 0 atom stereocenters. The Hall–Kier alpha value is -15.8. The molecule has 2 N–H and O–H groups in total. The van der Waals surface area contributed by atoms with Crippen molar-refractivity contribution in [2.45, 2.75) is 79.8 Å². The number of halogens is 12. The van der Waals surface area contributed by atoms with E-state index in [1.165, 1.54) is 152 Å². The molecule has 32 heteroatoms. The van der Waals surface area contributed by atoms with E-state index in [2.05, 4.69) is 39.9 Å². The van der Waals surface area contributed by atoms with Crippen LogP contribution in [0, 0.1) is 69.8 Å². The van der Waals surface area contributed by atoms with Crippen molar-refractivity contribution in [3.05, 3.63) is 286 Å². The molecular weight excluding hydrogens is 1690 g/mol. The summed E-state index contributed by atoms with van der Waals surface area (Å²) in [4.78, 5) is 87.2. The average molecular weight is 1750 g/mol. The lowest BCUT2D eigenvalue weighted by atomic mass is 10.0. The monoisotopic (exact) mass is 1750 g/mol. The van der Waals surface area contributed by atoms with Crippen molar-refractivity contribution in [2.24, 2.45) is 0 Å². The Morgan fingerprint density at radius 2 is 0.445 bits per heavy atom. The van der Waals surface area contributed by atoms with Gasteiger partial charge in [0.2, 0.25) is 46.3 Å². The SMILES string of the molecule is CC(C)OC(=O)c1cccc(-c2ccccc2)c1Oc1c(F)c(F)c2c(c1F)-c1nc-2nc2[nH]c(nc3nc(nc4[nH]c(n1)c1c(F)c(F)c(Oc5c(C(=O)OC(C)C)cccc5-c5ccccc5)c(F)c41)-c1c(F)c(Oc4c(C(=O)OC(C)C)cccc4-c4ccccc4)c(F)c(F)c1-3)c1c(F)c(Oc3c(C(=O)OC(C)C)cccc3-c3ccccc3)c(F)c(F)c21. The van der Waals surface area contributed by atoms with E-state index >= 15 is 52.7 Å². The molecule has 2 aliphatic heterocycles. The second-order valence-corrected chi connectivity index (χ2v) is 30.1. The minimum Gasteiger partial charge on any atom is -0.459 e. The topological polar surface area (TPSA) is 251 Å². The number of H-pyrrole nitrogens is 2. The fourth-order valence-corrected chi connectivity index (χ4v) is 14.8. The van der Waals surface area contributed by atoms with Gasteiger partial charge in [-0.25, -0.2) is 84.2 Å². The molecule has 642 valence electrons. The van der Waals surface area contributed by atoms with Crippen LogP contribution >= 0.6 is 0 Å². The first kappa shape index (κ1) is 84.5. The predicted octanol–water partition coefficient (Wildman–Crippen LogP) is 24.6. The molecule has 0 saturated heterocycles. The van der Waals surface area contributed by atoms with E-state index in [0.717, 1.165) is 24.3 Å². The predicted molar refractivity (Wildman–Crippen MR) is 446 cm³/mol. The maximum absolute atomic E-state index is 19.1. The summed E-state index contributed by atoms with van der Waals surface area (Å²) < 4.78 is 268. The van der Waals surface area contributed by atoms with Crippen LogP contribution in [-0.2, 0) is 18.9 Å². The number of hydrogen-bond donors (Lipinski definition) is 2. The van der Waals surface area contributed by atoms with Crippen molar-refractivity contribution in [1.29, 1.82) is 0 Å². The summed E-state index contributed by atoms with van der Waals surface area (Å²) in [6, 6.07) is 46.4. The van der Waals surface area contributed by atoms with Gasteiger partial charge in [0, 0.05) is 22.3 Å². The number of nitrogens with one attached hydrogen (secondary N) is 2. The number of benzene rings is 12. The number of hydrogen-bond acceptors (Lipinski definition) is 18. The molecule has 0 unspecified atom stereocenters. The van der Waals surface area contributed by atoms with Gasteiger partial charge in [-0.05, 0) is 102 Å². The molecule has 8 bridgehead atoms. The molecule has 0 saturated carbocycles. The molecule has 2 aliphatic rings. The van der Waals surface area contributed by atoms with Crippen molar-refractivity contribution >= 4 is 68.0 Å². The van der Waals surface area contributed by atoms with Crippen molar-refractivity contribution in [2.75, 3.05) is 0 Å². The van der Waals surface area contributed by atoms with Crippen LogP contribution in [0.15, 0.2) is 194 Å². The number of carbonyl (C=O) groups excluding carboxylic acids is 4. The summed E-state index contributed by atoms with van der Waals surface area (Å²) in [5, 5.41) is -5.52. The van der Waals surface area contributed by atoms with Gasteiger partial charge in [-0.1, -0.05) is 170 Å². The molecule has 0 radical (unpaired) electrons. The van der Waals surface area contributed by atoms with Crippen LogP contribution in [0.3, 0.4) is 0 Å². The van der Waals surface area contributed by atoms with Gasteiger partial charge in [-0.15, -0.1) is 0 Å². The Morgan fingerprint density at radius 3 is 0.680 bits per heavy atom. The Kier molecular flexibility index (Phi) is 22.2. The normalized spacial score (nSPS) is 11.7. The van der Waals surface area contributed by atoms with Crippen molar-refractivity contribution in [1.82, 2.24) is 39.9 Å². The molecule has 12 aromatic carbocycles. The van der Waals surface area contributed by atoms with Gasteiger partial charge in [-0.2, -0.15) is 17.6 Å². The van der Waals surface area contributed by atoms with Crippen LogP contribution in [0.4, 0.5) is 52.7 Å². The standard InChI is InChI=1S/C96H62F12N8O12/c1-41(2)121-93(117)53-37-21-33-49(45-25-13-9-14-26-45)77(53)125-81-69(101)61-57(65(97)73(81)105)85-109-86-58-62(70(102)82(74(106)66(58)98)126-78-50(46-27-15-10-16-28-46)34-22-38-54(78)94(118)122-42(3)4)90(111-86)113-88-60-64(72(104)84(76(108)68(60)100)128-80-52(48-31-19-12-20-32-48)36-24-40-56(80)96(120)124-44(7)8)92(115-88)116-91-63-59(87(114-91)112-89(61)110-85)67(99)75(107)83(71(63)103)127-79-51(47-29-17-11-18-30-47)35-23-39-55(79)95(119)123-43(5)6/h9-44H,1-8H3,(H2,109,110,111,112,113,114,115,116). The second kappa shape index (κ2) is 33.7. The quantitative estimate of drug-likeness (QED) is 0.0311. The fourth-order valence-electron chi connectivity index (χ4n) is 14.8. The lowest BCUT2D eigenvalue weighted by Crippen LogP contribution is -2.13. The summed E-state index contributed by atoms with van der Waals surface area (Å²) in [7, 11) is 0. The number of aromatic amines is 2. The maximum Gasteiger partial charge on any atom is 0.342 e. The third-order valence-electron chi connectivity index (χ3n) is 20.2. The maximum atomic E-state index is 19.1. The Labute approximate surface area is 716 Å². The average Bonchev–Trinajstić information content (AvgIpc) is 1.55. The highest BCUT2D eigenvalue weighted by molar-refractivity contribution is 6.09. The zero-order chi connectivity index (χ0) is 90.3. The van der Waals surface area contributed by atoms with Crippen LogP contribution in [0.5, 0.6) is 46.0 Å². The number of carbonyl (C=O) groups is 4. The highest BCUT2D eigenvalue weighted by Gasteiger charge is 2.41. The largest absolute Gasteiger partial charge is 0.459 e. The van der Waals surface area contributed by atoms with Gasteiger partial charge < -0.3 is 47.9 Å². The summed E-state index contributed by atoms with van der Waals surface area (Å²) >= 11 is 0. The van der Waals surface area contributed by atoms with E-state index in [0.29, 0.717) is 0 Å². The van der Waals surface area contributed by atoms with Gasteiger partial charge in [0.15, 0.2) is 69.8 Å². The lowest BCUT2D eigenvalue weighted by molar-refractivity contribution is 0.0364. The zero-order valence-electron chi connectivity index (χ0n) is 67.9. The van der Waals surface area contributed by atoms with E-state index in [-0.39, 0.29) is 44.5 Å². The lowest BCUT2D eigenvalue weighted by Gasteiger charge is -2.18. The molecule has 15 aromatic rings. The van der Waals surface area contributed by atoms with Gasteiger partial charge >= 0.3 is 23.9 Å². The van der Waals surface area contributed by atoms with E-state index in [9.17, 15) is 19.2 Å². The highest BCUT2D eigenvalue weighted by Crippen LogP contribution is 2.53. The Balaban J connectivity index is 1.02. The zero-order valence-corrected chi connectivity index (χ0v) is 67.9. The molecule has 5 heterocycles. The van der Waals surface area contributed by atoms with E-state index in [1.54, 1.807) is 72.8 Å². The molecule has 20 nitrogen and oxygen atoms in total. The molecule has 0 spiro atoms. The smallest absolute Gasteiger partial charge is 0.342 e. The van der Waals surface area contributed by atoms with Gasteiger partial charge in [0.1, 0.15) is 67.8 Å². The molecule has 128 heavy (non-hydrogen) atoms. The Morgan fingerprint density at radius 1 is 0.234 bits per heavy atom. The van der Waals surface area contributed by atoms with Gasteiger partial charge in [0.25, 0.3) is 0 Å². The molecule has 0 aliphatic carbocycles. The second-order valence-electron chi connectivity index (χ2n) is 30.1. The molecule has 0 fully saturated rings. The van der Waals surface area contributed by atoms with Crippen LogP contribution in [0.25, 0.3) is 134 Å². The van der Waals surface area contributed by atoms with Crippen molar-refractivity contribution < 1.29 is 110 Å². The van der Waals surface area contributed by atoms with Crippen LogP contribution in [0.1, 0.15) is 96.8 Å². The summed E-state index contributed by atoms with van der Waals surface area (Å²) in [5.41, 5.74) is -12.0. The van der Waals surface area contributed by atoms with Gasteiger partial charge in [0.05, 0.1) is 68.2 Å². The van der Waals surface area contributed by atoms with Crippen LogP contribution in [-0.4, -0.2) is 88.2 Å². The number of esters is 4. The minimum atomic E-state index is -2.26. The summed E-state index contributed by atoms with van der Waals surface area (Å²) in [6.07, 6.45) is -3.36. The fraction of sp³-hybridized carbons (Fsp3) is 0.125. The van der Waals surface area contributed by atoms with Crippen LogP contribution < -0.4 is 18.9 Å². The van der Waals surface area contributed by atoms with E-state index in [1.807, 2.05) is 0 Å². The Bertz CT molecular complexity index is 7350. The number of ether oxygens (including phenoxy) is 8. The van der Waals surface area contributed by atoms with Crippen molar-refractivity contribution in [3.8, 4) is 136 Å². The highest BCUT2D eigenvalue weighted by atomic mass is 19.2. The van der Waals surface area contributed by atoms with Crippen molar-refractivity contribution in [3.63, 3.8) is 0 Å². The van der Waals surface area contributed by atoms with Crippen LogP contribution in [0.2, 0.25) is 0 Å². The first-order valence-corrected chi connectivity index (χ1v) is 39.4. The first-order chi connectivity index (χ1) is 61.5. The van der Waals surface area contributed by atoms with E-state index in [4.69, 9.17) is 37.9 Å². The number of para-hydroxylation sites is 4. The number of aromatic nitrogens is 8. The number of nitrogens with zero attached hydrogens (tertiary/aromatic N) is 6. The summed E-state index contributed by atoms with van der Waals surface area (Å²) in [5.74, 6) is -45.3. The molecule has 3 aromatic heterocycles. The van der Waals surface area contributed by atoms with E-state index < -0.39 is 276 Å². The minimum absolute atomic E-state index is 0.0681. The molecule has 0 amide bonds.